The van der Waals surface area contributed by atoms with Crippen LogP contribution in [0.4, 0.5) is 11.4 Å². The van der Waals surface area contributed by atoms with E-state index < -0.39 is 32.7 Å². The highest BCUT2D eigenvalue weighted by Gasteiger charge is 2.35. The molecule has 0 aliphatic carbocycles. The molecule has 1 aliphatic rings. The van der Waals surface area contributed by atoms with Crippen molar-refractivity contribution >= 4 is 37.5 Å². The minimum Gasteiger partial charge on any atom is -0.506 e. The summed E-state index contributed by atoms with van der Waals surface area (Å²) in [4.78, 5) is 11.4. The molecule has 2 aromatic rings. The van der Waals surface area contributed by atoms with Gasteiger partial charge in [-0.05, 0) is 42.2 Å². The molecule has 11 heteroatoms. The average Bonchev–Trinajstić information content (AvgIpc) is 2.93. The Morgan fingerprint density at radius 3 is 2.57 bits per heavy atom. The summed E-state index contributed by atoms with van der Waals surface area (Å²) in [6, 6.07) is 11.4. The predicted molar refractivity (Wildman–Crippen MR) is 114 cm³/mol. The lowest BCUT2D eigenvalue weighted by atomic mass is 10.0. The standard InChI is InChI=1S/C19H23N3O6S2/c1-2-3-10-29(25,26)20-16-7-5-4-6-15(16)11-14-8-9-17(18(23)12-14)22-13-19(24)21-30(22,27)28/h4-9,12,20,23H,2-3,10-11,13H2,1H3,(H,21,24). The van der Waals surface area contributed by atoms with Crippen LogP contribution in [0, 0.1) is 0 Å². The van der Waals surface area contributed by atoms with Crippen molar-refractivity contribution in [2.75, 3.05) is 21.3 Å². The number of sulfonamides is 1. The monoisotopic (exact) mass is 453 g/mol. The van der Waals surface area contributed by atoms with Gasteiger partial charge in [-0.15, -0.1) is 0 Å². The first-order valence-corrected chi connectivity index (χ1v) is 12.4. The number of aromatic hydroxyl groups is 1. The van der Waals surface area contributed by atoms with Crippen LogP contribution < -0.4 is 13.7 Å². The Labute approximate surface area is 176 Å². The predicted octanol–water partition coefficient (Wildman–Crippen LogP) is 1.71. The number of para-hydroxylation sites is 1. The number of anilines is 2. The van der Waals surface area contributed by atoms with Crippen molar-refractivity contribution in [2.24, 2.45) is 0 Å². The van der Waals surface area contributed by atoms with Crippen molar-refractivity contribution in [3.05, 3.63) is 53.6 Å². The number of nitrogens with zero attached hydrogens (tertiary/aromatic N) is 1. The van der Waals surface area contributed by atoms with Crippen LogP contribution in [-0.2, 0) is 31.4 Å². The highest BCUT2D eigenvalue weighted by Crippen LogP contribution is 2.32. The van der Waals surface area contributed by atoms with Gasteiger partial charge in [0.25, 0.3) is 5.91 Å². The van der Waals surface area contributed by atoms with Gasteiger partial charge in [0.15, 0.2) is 0 Å². The molecule has 3 rings (SSSR count). The van der Waals surface area contributed by atoms with Gasteiger partial charge in [-0.3, -0.25) is 9.52 Å². The molecular weight excluding hydrogens is 430 g/mol. The Morgan fingerprint density at radius 2 is 1.93 bits per heavy atom. The zero-order valence-electron chi connectivity index (χ0n) is 16.3. The van der Waals surface area contributed by atoms with Crippen molar-refractivity contribution in [2.45, 2.75) is 26.2 Å². The lowest BCUT2D eigenvalue weighted by Crippen LogP contribution is -2.29. The van der Waals surface area contributed by atoms with E-state index >= 15 is 0 Å². The van der Waals surface area contributed by atoms with E-state index in [1.807, 2.05) is 11.6 Å². The van der Waals surface area contributed by atoms with Crippen molar-refractivity contribution in [3.8, 4) is 5.75 Å². The van der Waals surface area contributed by atoms with Gasteiger partial charge in [0.1, 0.15) is 12.3 Å². The molecule has 30 heavy (non-hydrogen) atoms. The Bertz CT molecular complexity index is 1160. The van der Waals surface area contributed by atoms with E-state index in [2.05, 4.69) is 4.72 Å². The molecule has 1 fully saturated rings. The van der Waals surface area contributed by atoms with Gasteiger partial charge in [-0.1, -0.05) is 37.6 Å². The average molecular weight is 454 g/mol. The summed E-state index contributed by atoms with van der Waals surface area (Å²) in [6.07, 6.45) is 1.63. The van der Waals surface area contributed by atoms with Crippen molar-refractivity contribution in [1.29, 1.82) is 0 Å². The van der Waals surface area contributed by atoms with Gasteiger partial charge in [0, 0.05) is 0 Å². The molecule has 0 spiro atoms. The summed E-state index contributed by atoms with van der Waals surface area (Å²) in [5, 5.41) is 10.3. The van der Waals surface area contributed by atoms with Crippen LogP contribution >= 0.6 is 0 Å². The highest BCUT2D eigenvalue weighted by atomic mass is 32.2. The maximum absolute atomic E-state index is 12.2. The summed E-state index contributed by atoms with van der Waals surface area (Å²) in [6.45, 7) is 1.51. The lowest BCUT2D eigenvalue weighted by Gasteiger charge is -2.17. The van der Waals surface area contributed by atoms with Crippen molar-refractivity contribution in [3.63, 3.8) is 0 Å². The second-order valence-electron chi connectivity index (χ2n) is 6.97. The SMILES string of the molecule is CCCCS(=O)(=O)Nc1ccccc1Cc1ccc(N2CC(=O)NS2(=O)=O)c(O)c1. The van der Waals surface area contributed by atoms with Gasteiger partial charge >= 0.3 is 10.2 Å². The third kappa shape index (κ3) is 5.03. The van der Waals surface area contributed by atoms with Crippen LogP contribution in [-0.4, -0.2) is 40.1 Å². The summed E-state index contributed by atoms with van der Waals surface area (Å²) in [7, 11) is -7.49. The van der Waals surface area contributed by atoms with Gasteiger partial charge < -0.3 is 5.11 Å². The van der Waals surface area contributed by atoms with Crippen molar-refractivity contribution < 1.29 is 26.7 Å². The maximum Gasteiger partial charge on any atom is 0.326 e. The number of hydrogen-bond donors (Lipinski definition) is 3. The molecule has 0 radical (unpaired) electrons. The normalized spacial score (nSPS) is 15.8. The van der Waals surface area contributed by atoms with Gasteiger partial charge in [0.05, 0.1) is 17.1 Å². The summed E-state index contributed by atoms with van der Waals surface area (Å²) in [5.74, 6) is -0.943. The fraction of sp³-hybridized carbons (Fsp3) is 0.316. The van der Waals surface area contributed by atoms with Crippen LogP contribution in [0.1, 0.15) is 30.9 Å². The molecule has 1 saturated heterocycles. The first kappa shape index (κ1) is 21.9. The van der Waals surface area contributed by atoms with Crippen LogP contribution in [0.3, 0.4) is 0 Å². The Kier molecular flexibility index (Phi) is 6.22. The third-order valence-corrected chi connectivity index (χ3v) is 7.32. The molecule has 1 heterocycles. The number of unbranched alkanes of at least 4 members (excludes halogenated alkanes) is 1. The molecule has 0 aromatic heterocycles. The van der Waals surface area contributed by atoms with E-state index in [0.717, 1.165) is 10.7 Å². The number of hydrogen-bond acceptors (Lipinski definition) is 6. The van der Waals surface area contributed by atoms with E-state index in [1.165, 1.54) is 12.1 Å². The molecule has 3 N–H and O–H groups in total. The molecule has 0 saturated carbocycles. The van der Waals surface area contributed by atoms with Crippen molar-refractivity contribution in [1.82, 2.24) is 4.72 Å². The van der Waals surface area contributed by atoms with Crippen LogP contribution in [0.2, 0.25) is 0 Å². The number of phenolic OH excluding ortho intramolecular Hbond substituents is 1. The van der Waals surface area contributed by atoms with Gasteiger partial charge in [0.2, 0.25) is 10.0 Å². The minimum atomic E-state index is -4.02. The van der Waals surface area contributed by atoms with Gasteiger partial charge in [-0.25, -0.2) is 17.4 Å². The summed E-state index contributed by atoms with van der Waals surface area (Å²) < 4.78 is 53.7. The number of rotatable bonds is 8. The van der Waals surface area contributed by atoms with Gasteiger partial charge in [-0.2, -0.15) is 8.42 Å². The van der Waals surface area contributed by atoms with E-state index in [-0.39, 0.29) is 17.2 Å². The molecular formula is C19H23N3O6S2. The Hall–Kier alpha value is -2.79. The number of benzene rings is 2. The zero-order chi connectivity index (χ0) is 21.9. The topological polar surface area (TPSA) is 133 Å². The quantitative estimate of drug-likeness (QED) is 0.557. The smallest absolute Gasteiger partial charge is 0.326 e. The van der Waals surface area contributed by atoms with E-state index in [4.69, 9.17) is 0 Å². The fourth-order valence-corrected chi connectivity index (χ4v) is 5.57. The van der Waals surface area contributed by atoms with Crippen LogP contribution in [0.5, 0.6) is 5.75 Å². The molecule has 0 atom stereocenters. The first-order chi connectivity index (χ1) is 14.1. The molecule has 1 aliphatic heterocycles. The molecule has 0 bridgehead atoms. The zero-order valence-corrected chi connectivity index (χ0v) is 18.0. The molecule has 162 valence electrons. The van der Waals surface area contributed by atoms with E-state index in [9.17, 15) is 26.7 Å². The maximum atomic E-state index is 12.2. The minimum absolute atomic E-state index is 0.00865. The molecule has 9 nitrogen and oxygen atoms in total. The van der Waals surface area contributed by atoms with E-state index in [0.29, 0.717) is 29.7 Å². The first-order valence-electron chi connectivity index (χ1n) is 9.35. The lowest BCUT2D eigenvalue weighted by molar-refractivity contribution is -0.117. The second kappa shape index (κ2) is 8.52. The van der Waals surface area contributed by atoms with Crippen LogP contribution in [0.15, 0.2) is 42.5 Å². The number of amides is 1. The number of nitrogens with one attached hydrogen (secondary N) is 2. The second-order valence-corrected chi connectivity index (χ2v) is 10.4. The number of phenols is 1. The molecule has 0 unspecified atom stereocenters. The number of carbonyl (C=O) groups excluding carboxylic acids is 1. The Morgan fingerprint density at radius 1 is 1.20 bits per heavy atom. The summed E-state index contributed by atoms with van der Waals surface area (Å²) >= 11 is 0. The molecule has 2 aromatic carbocycles. The third-order valence-electron chi connectivity index (χ3n) is 4.57. The van der Waals surface area contributed by atoms with Crippen LogP contribution in [0.25, 0.3) is 0 Å². The Balaban J connectivity index is 1.83. The largest absolute Gasteiger partial charge is 0.506 e. The number of carbonyl (C=O) groups is 1. The summed E-state index contributed by atoms with van der Waals surface area (Å²) in [5.41, 5.74) is 1.79. The fourth-order valence-electron chi connectivity index (χ4n) is 3.10. The highest BCUT2D eigenvalue weighted by molar-refractivity contribution is 7.92. The van der Waals surface area contributed by atoms with E-state index in [1.54, 1.807) is 30.3 Å². The molecule has 1 amide bonds.